The number of hydrogen-bond acceptors (Lipinski definition) is 2. The molecule has 1 fully saturated rings. The molecule has 0 aromatic heterocycles. The molecule has 0 saturated carbocycles. The van der Waals surface area contributed by atoms with Crippen LogP contribution in [0.3, 0.4) is 0 Å². The molecule has 0 spiro atoms. The molecule has 3 rings (SSSR count). The fourth-order valence-electron chi connectivity index (χ4n) is 2.69. The molecule has 1 saturated heterocycles. The second kappa shape index (κ2) is 7.13. The summed E-state index contributed by atoms with van der Waals surface area (Å²) in [5.41, 5.74) is 1.61. The van der Waals surface area contributed by atoms with Gasteiger partial charge in [0.25, 0.3) is 0 Å². The van der Waals surface area contributed by atoms with Gasteiger partial charge in [0, 0.05) is 29.7 Å². The van der Waals surface area contributed by atoms with E-state index in [0.29, 0.717) is 13.1 Å². The highest BCUT2D eigenvalue weighted by molar-refractivity contribution is 9.10. The second-order valence-corrected chi connectivity index (χ2v) is 6.64. The van der Waals surface area contributed by atoms with Crippen LogP contribution in [0.5, 0.6) is 0 Å². The molecule has 1 atom stereocenters. The highest BCUT2D eigenvalue weighted by Gasteiger charge is 2.34. The Labute approximate surface area is 147 Å². The molecule has 2 aromatic rings. The van der Waals surface area contributed by atoms with Crippen LogP contribution in [0, 0.1) is 11.7 Å². The molecular formula is C18H16BrFN2O2. The molecule has 0 radical (unpaired) electrons. The largest absolute Gasteiger partial charge is 0.352 e. The summed E-state index contributed by atoms with van der Waals surface area (Å²) < 4.78 is 13.8. The molecule has 4 nitrogen and oxygen atoms in total. The van der Waals surface area contributed by atoms with Gasteiger partial charge >= 0.3 is 0 Å². The van der Waals surface area contributed by atoms with Crippen molar-refractivity contribution in [2.45, 2.75) is 13.0 Å². The van der Waals surface area contributed by atoms with E-state index in [1.807, 2.05) is 24.3 Å². The Morgan fingerprint density at radius 1 is 1.17 bits per heavy atom. The summed E-state index contributed by atoms with van der Waals surface area (Å²) in [6.07, 6.45) is 0.200. The highest BCUT2D eigenvalue weighted by atomic mass is 79.9. The van der Waals surface area contributed by atoms with Crippen molar-refractivity contribution < 1.29 is 14.0 Å². The lowest BCUT2D eigenvalue weighted by molar-refractivity contribution is -0.126. The number of carbonyl (C=O) groups excluding carboxylic acids is 2. The summed E-state index contributed by atoms with van der Waals surface area (Å²) in [5.74, 6) is -0.898. The van der Waals surface area contributed by atoms with Gasteiger partial charge in [-0.3, -0.25) is 9.59 Å². The molecule has 1 aliphatic heterocycles. The SMILES string of the molecule is O=C(NCc1ccc(F)cc1)[C@H]1CC(=O)N(c2ccc(Br)cc2)C1. The monoisotopic (exact) mass is 390 g/mol. The van der Waals surface area contributed by atoms with Crippen molar-refractivity contribution in [1.82, 2.24) is 5.32 Å². The molecular weight excluding hydrogens is 375 g/mol. The van der Waals surface area contributed by atoms with Crippen LogP contribution in [-0.4, -0.2) is 18.4 Å². The average molecular weight is 391 g/mol. The van der Waals surface area contributed by atoms with Crippen molar-refractivity contribution >= 4 is 33.4 Å². The van der Waals surface area contributed by atoms with Crippen LogP contribution < -0.4 is 10.2 Å². The first-order valence-corrected chi connectivity index (χ1v) is 8.40. The van der Waals surface area contributed by atoms with Crippen LogP contribution in [0.2, 0.25) is 0 Å². The fourth-order valence-corrected chi connectivity index (χ4v) is 2.95. The Balaban J connectivity index is 1.59. The predicted octanol–water partition coefficient (Wildman–Crippen LogP) is 3.26. The van der Waals surface area contributed by atoms with Gasteiger partial charge in [-0.05, 0) is 42.0 Å². The topological polar surface area (TPSA) is 49.4 Å². The quantitative estimate of drug-likeness (QED) is 0.870. The Morgan fingerprint density at radius 2 is 1.83 bits per heavy atom. The van der Waals surface area contributed by atoms with E-state index in [9.17, 15) is 14.0 Å². The molecule has 1 heterocycles. The van der Waals surface area contributed by atoms with Gasteiger partial charge in [0.15, 0.2) is 0 Å². The van der Waals surface area contributed by atoms with Crippen molar-refractivity contribution in [1.29, 1.82) is 0 Å². The zero-order chi connectivity index (χ0) is 17.1. The predicted molar refractivity (Wildman–Crippen MR) is 92.8 cm³/mol. The van der Waals surface area contributed by atoms with Gasteiger partial charge in [0.05, 0.1) is 5.92 Å². The molecule has 1 N–H and O–H groups in total. The van der Waals surface area contributed by atoms with Gasteiger partial charge in [0.1, 0.15) is 5.82 Å². The minimum Gasteiger partial charge on any atom is -0.352 e. The van der Waals surface area contributed by atoms with E-state index in [1.54, 1.807) is 17.0 Å². The van der Waals surface area contributed by atoms with Gasteiger partial charge in [-0.15, -0.1) is 0 Å². The zero-order valence-electron chi connectivity index (χ0n) is 12.8. The third-order valence-electron chi connectivity index (χ3n) is 4.01. The van der Waals surface area contributed by atoms with E-state index in [0.717, 1.165) is 15.7 Å². The minimum absolute atomic E-state index is 0.0562. The maximum absolute atomic E-state index is 12.9. The Hall–Kier alpha value is -2.21. The third-order valence-corrected chi connectivity index (χ3v) is 4.54. The summed E-state index contributed by atoms with van der Waals surface area (Å²) in [7, 11) is 0. The summed E-state index contributed by atoms with van der Waals surface area (Å²) in [5, 5.41) is 2.81. The molecule has 0 aliphatic carbocycles. The maximum atomic E-state index is 12.9. The number of halogens is 2. The number of hydrogen-bond donors (Lipinski definition) is 1. The minimum atomic E-state index is -0.374. The molecule has 24 heavy (non-hydrogen) atoms. The van der Waals surface area contributed by atoms with Crippen LogP contribution in [0.4, 0.5) is 10.1 Å². The molecule has 2 aromatic carbocycles. The third kappa shape index (κ3) is 3.82. The summed E-state index contributed by atoms with van der Waals surface area (Å²) in [6.45, 7) is 0.692. The molecule has 1 aliphatic rings. The van der Waals surface area contributed by atoms with Crippen LogP contribution in [0.1, 0.15) is 12.0 Å². The number of benzene rings is 2. The molecule has 0 unspecified atom stereocenters. The van der Waals surface area contributed by atoms with Crippen molar-refractivity contribution in [2.75, 3.05) is 11.4 Å². The van der Waals surface area contributed by atoms with E-state index >= 15 is 0 Å². The first kappa shape index (κ1) is 16.6. The van der Waals surface area contributed by atoms with Crippen molar-refractivity contribution in [2.24, 2.45) is 5.92 Å². The van der Waals surface area contributed by atoms with Crippen LogP contribution in [0.15, 0.2) is 53.0 Å². The number of anilines is 1. The van der Waals surface area contributed by atoms with Gasteiger partial charge in [-0.2, -0.15) is 0 Å². The lowest BCUT2D eigenvalue weighted by atomic mass is 10.1. The first-order chi connectivity index (χ1) is 11.5. The fraction of sp³-hybridized carbons (Fsp3) is 0.222. The summed E-state index contributed by atoms with van der Waals surface area (Å²) in [6, 6.07) is 13.4. The van der Waals surface area contributed by atoms with Crippen LogP contribution >= 0.6 is 15.9 Å². The molecule has 124 valence electrons. The average Bonchev–Trinajstić information content (AvgIpc) is 2.97. The summed E-state index contributed by atoms with van der Waals surface area (Å²) in [4.78, 5) is 26.1. The molecule has 6 heteroatoms. The van der Waals surface area contributed by atoms with Gasteiger partial charge in [-0.1, -0.05) is 28.1 Å². The van der Waals surface area contributed by atoms with E-state index < -0.39 is 0 Å². The summed E-state index contributed by atoms with van der Waals surface area (Å²) >= 11 is 3.36. The normalized spacial score (nSPS) is 17.2. The number of nitrogens with zero attached hydrogens (tertiary/aromatic N) is 1. The van der Waals surface area contributed by atoms with E-state index in [2.05, 4.69) is 21.2 Å². The van der Waals surface area contributed by atoms with Crippen LogP contribution in [-0.2, 0) is 16.1 Å². The Bertz CT molecular complexity index is 747. The lowest BCUT2D eigenvalue weighted by Gasteiger charge is -2.16. The lowest BCUT2D eigenvalue weighted by Crippen LogP contribution is -2.32. The maximum Gasteiger partial charge on any atom is 0.227 e. The smallest absolute Gasteiger partial charge is 0.227 e. The van der Waals surface area contributed by atoms with Gasteiger partial charge in [0.2, 0.25) is 11.8 Å². The first-order valence-electron chi connectivity index (χ1n) is 7.61. The number of carbonyl (C=O) groups is 2. The van der Waals surface area contributed by atoms with Crippen molar-refractivity contribution in [3.05, 3.63) is 64.4 Å². The standard InChI is InChI=1S/C18H16BrFN2O2/c19-14-3-7-16(8-4-14)22-11-13(9-17(22)23)18(24)21-10-12-1-5-15(20)6-2-12/h1-8,13H,9-11H2,(H,21,24)/t13-/m0/s1. The van der Waals surface area contributed by atoms with E-state index in [4.69, 9.17) is 0 Å². The van der Waals surface area contributed by atoms with E-state index in [-0.39, 0.29) is 30.0 Å². The number of amides is 2. The van der Waals surface area contributed by atoms with Gasteiger partial charge < -0.3 is 10.2 Å². The van der Waals surface area contributed by atoms with Crippen LogP contribution in [0.25, 0.3) is 0 Å². The Morgan fingerprint density at radius 3 is 2.50 bits per heavy atom. The number of nitrogens with one attached hydrogen (secondary N) is 1. The second-order valence-electron chi connectivity index (χ2n) is 5.73. The van der Waals surface area contributed by atoms with Crippen molar-refractivity contribution in [3.8, 4) is 0 Å². The Kier molecular flexibility index (Phi) is 4.94. The van der Waals surface area contributed by atoms with Crippen molar-refractivity contribution in [3.63, 3.8) is 0 Å². The highest BCUT2D eigenvalue weighted by Crippen LogP contribution is 2.26. The van der Waals surface area contributed by atoms with Gasteiger partial charge in [-0.25, -0.2) is 4.39 Å². The number of rotatable bonds is 4. The molecule has 0 bridgehead atoms. The van der Waals surface area contributed by atoms with E-state index in [1.165, 1.54) is 12.1 Å². The molecule has 2 amide bonds. The zero-order valence-corrected chi connectivity index (χ0v) is 14.4.